The lowest BCUT2D eigenvalue weighted by atomic mass is 10.1. The third-order valence-electron chi connectivity index (χ3n) is 3.68. The van der Waals surface area contributed by atoms with Crippen molar-refractivity contribution in [3.8, 4) is 5.69 Å². The van der Waals surface area contributed by atoms with Gasteiger partial charge in [-0.05, 0) is 35.9 Å². The molecule has 0 saturated heterocycles. The van der Waals surface area contributed by atoms with Crippen molar-refractivity contribution in [2.75, 3.05) is 11.1 Å². The molecule has 3 aromatic rings. The standard InChI is InChI=1S/C18H14F4N4OS/c19-14-4-1-12(2-5-14)8-28-9-17(27)25-15-7-13(18(20,21)22)3-6-16(15)26-11-23-10-24-26/h1-7,10-11H,8-9H2,(H,25,27). The highest BCUT2D eigenvalue weighted by Gasteiger charge is 2.31. The predicted octanol–water partition coefficient (Wildman–Crippen LogP) is 4.30. The molecule has 0 aliphatic carbocycles. The minimum atomic E-state index is -4.54. The molecule has 0 aliphatic rings. The number of nitrogens with zero attached hydrogens (tertiary/aromatic N) is 3. The molecule has 1 amide bonds. The van der Waals surface area contributed by atoms with E-state index in [4.69, 9.17) is 0 Å². The van der Waals surface area contributed by atoms with Crippen molar-refractivity contribution in [2.45, 2.75) is 11.9 Å². The van der Waals surface area contributed by atoms with Gasteiger partial charge in [0.05, 0.1) is 22.7 Å². The Labute approximate surface area is 161 Å². The summed E-state index contributed by atoms with van der Waals surface area (Å²) in [6.45, 7) is 0. The molecule has 3 rings (SSSR count). The molecule has 0 bridgehead atoms. The molecule has 2 aromatic carbocycles. The van der Waals surface area contributed by atoms with E-state index >= 15 is 0 Å². The molecule has 5 nitrogen and oxygen atoms in total. The SMILES string of the molecule is O=C(CSCc1ccc(F)cc1)Nc1cc(C(F)(F)F)ccc1-n1cncn1. The average Bonchev–Trinajstić information content (AvgIpc) is 3.17. The van der Waals surface area contributed by atoms with Crippen LogP contribution in [0.5, 0.6) is 0 Å². The first kappa shape index (κ1) is 19.9. The number of aromatic nitrogens is 3. The summed E-state index contributed by atoms with van der Waals surface area (Å²) in [4.78, 5) is 16.0. The monoisotopic (exact) mass is 410 g/mol. The molecule has 1 aromatic heterocycles. The quantitative estimate of drug-likeness (QED) is 0.616. The minimum Gasteiger partial charge on any atom is -0.323 e. The van der Waals surface area contributed by atoms with E-state index in [0.29, 0.717) is 5.75 Å². The summed E-state index contributed by atoms with van der Waals surface area (Å²) in [7, 11) is 0. The van der Waals surface area contributed by atoms with E-state index in [0.717, 1.165) is 17.7 Å². The van der Waals surface area contributed by atoms with Crippen molar-refractivity contribution in [2.24, 2.45) is 0 Å². The van der Waals surface area contributed by atoms with Crippen molar-refractivity contribution in [1.82, 2.24) is 14.8 Å². The molecular formula is C18H14F4N4OS. The highest BCUT2D eigenvalue weighted by Crippen LogP contribution is 2.33. The van der Waals surface area contributed by atoms with Crippen LogP contribution < -0.4 is 5.32 Å². The Bertz CT molecular complexity index is 943. The molecule has 0 saturated carbocycles. The fourth-order valence-electron chi connectivity index (χ4n) is 2.37. The van der Waals surface area contributed by atoms with E-state index in [-0.39, 0.29) is 22.9 Å². The van der Waals surface area contributed by atoms with Crippen molar-refractivity contribution < 1.29 is 22.4 Å². The zero-order valence-corrected chi connectivity index (χ0v) is 15.1. The molecule has 0 radical (unpaired) electrons. The van der Waals surface area contributed by atoms with Crippen molar-refractivity contribution in [1.29, 1.82) is 0 Å². The summed E-state index contributed by atoms with van der Waals surface area (Å²) in [5.74, 6) is -0.333. The van der Waals surface area contributed by atoms with Crippen LogP contribution in [0.25, 0.3) is 5.69 Å². The van der Waals surface area contributed by atoms with Gasteiger partial charge in [0.1, 0.15) is 18.5 Å². The lowest BCUT2D eigenvalue weighted by Gasteiger charge is -2.14. The average molecular weight is 410 g/mol. The van der Waals surface area contributed by atoms with Gasteiger partial charge in [-0.3, -0.25) is 4.79 Å². The second-order valence-corrected chi connectivity index (χ2v) is 6.72. The summed E-state index contributed by atoms with van der Waals surface area (Å²) in [6, 6.07) is 8.85. The van der Waals surface area contributed by atoms with E-state index in [9.17, 15) is 22.4 Å². The highest BCUT2D eigenvalue weighted by atomic mass is 32.2. The Morgan fingerprint density at radius 2 is 1.89 bits per heavy atom. The minimum absolute atomic E-state index is 0.0183. The number of amides is 1. The molecule has 0 aliphatic heterocycles. The van der Waals surface area contributed by atoms with Gasteiger partial charge in [0.15, 0.2) is 0 Å². The smallest absolute Gasteiger partial charge is 0.323 e. The second kappa shape index (κ2) is 8.42. The number of carbonyl (C=O) groups excluding carboxylic acids is 1. The zero-order chi connectivity index (χ0) is 20.1. The molecule has 1 N–H and O–H groups in total. The number of thioether (sulfide) groups is 1. The maximum absolute atomic E-state index is 13.0. The fourth-order valence-corrected chi connectivity index (χ4v) is 3.16. The summed E-state index contributed by atoms with van der Waals surface area (Å²) in [5, 5.41) is 6.39. The molecule has 28 heavy (non-hydrogen) atoms. The summed E-state index contributed by atoms with van der Waals surface area (Å²) >= 11 is 1.26. The Balaban J connectivity index is 1.70. The number of rotatable bonds is 6. The third-order valence-corrected chi connectivity index (χ3v) is 4.68. The van der Waals surface area contributed by atoms with Crippen molar-refractivity contribution in [3.05, 3.63) is 72.1 Å². The fraction of sp³-hybridized carbons (Fsp3) is 0.167. The number of anilines is 1. The van der Waals surface area contributed by atoms with Gasteiger partial charge < -0.3 is 5.32 Å². The van der Waals surface area contributed by atoms with Gasteiger partial charge in [0.2, 0.25) is 5.91 Å². The number of nitrogens with one attached hydrogen (secondary N) is 1. The number of hydrogen-bond donors (Lipinski definition) is 1. The summed E-state index contributed by atoms with van der Waals surface area (Å²) in [5.41, 5.74) is 0.197. The molecule has 0 spiro atoms. The van der Waals surface area contributed by atoms with Crippen LogP contribution in [0.15, 0.2) is 55.1 Å². The Morgan fingerprint density at radius 3 is 2.54 bits per heavy atom. The van der Waals surface area contributed by atoms with Gasteiger partial charge in [0.25, 0.3) is 0 Å². The van der Waals surface area contributed by atoms with Crippen LogP contribution >= 0.6 is 11.8 Å². The largest absolute Gasteiger partial charge is 0.416 e. The van der Waals surface area contributed by atoms with E-state index in [1.165, 1.54) is 47.3 Å². The molecule has 10 heteroatoms. The number of carbonyl (C=O) groups is 1. The molecule has 0 atom stereocenters. The van der Waals surface area contributed by atoms with Gasteiger partial charge >= 0.3 is 6.18 Å². The van der Waals surface area contributed by atoms with Gasteiger partial charge in [-0.25, -0.2) is 14.1 Å². The van der Waals surface area contributed by atoms with Crippen LogP contribution in [0.4, 0.5) is 23.2 Å². The molecule has 1 heterocycles. The van der Waals surface area contributed by atoms with Crippen LogP contribution in [0.2, 0.25) is 0 Å². The number of alkyl halides is 3. The van der Waals surface area contributed by atoms with Crippen LogP contribution in [0.3, 0.4) is 0 Å². The van der Waals surface area contributed by atoms with Crippen LogP contribution in [-0.2, 0) is 16.7 Å². The first-order chi connectivity index (χ1) is 13.3. The summed E-state index contributed by atoms with van der Waals surface area (Å²) < 4.78 is 53.2. The Morgan fingerprint density at radius 1 is 1.14 bits per heavy atom. The topological polar surface area (TPSA) is 59.8 Å². The lowest BCUT2D eigenvalue weighted by molar-refractivity contribution is -0.137. The van der Waals surface area contributed by atoms with Gasteiger partial charge in [-0.15, -0.1) is 11.8 Å². The van der Waals surface area contributed by atoms with Gasteiger partial charge in [-0.2, -0.15) is 18.3 Å². The molecule has 0 unspecified atom stereocenters. The number of hydrogen-bond acceptors (Lipinski definition) is 4. The first-order valence-corrected chi connectivity index (χ1v) is 9.17. The number of benzene rings is 2. The van der Waals surface area contributed by atoms with Crippen molar-refractivity contribution in [3.63, 3.8) is 0 Å². The van der Waals surface area contributed by atoms with E-state index in [1.54, 1.807) is 12.1 Å². The third kappa shape index (κ3) is 5.10. The predicted molar refractivity (Wildman–Crippen MR) is 97.6 cm³/mol. The second-order valence-electron chi connectivity index (χ2n) is 5.74. The van der Waals surface area contributed by atoms with E-state index in [1.807, 2.05) is 0 Å². The zero-order valence-electron chi connectivity index (χ0n) is 14.3. The van der Waals surface area contributed by atoms with E-state index in [2.05, 4.69) is 15.4 Å². The maximum atomic E-state index is 13.0. The van der Waals surface area contributed by atoms with Gasteiger partial charge in [-0.1, -0.05) is 12.1 Å². The van der Waals surface area contributed by atoms with Crippen LogP contribution in [0, 0.1) is 5.82 Å². The number of halogens is 4. The summed E-state index contributed by atoms with van der Waals surface area (Å²) in [6.07, 6.45) is -1.99. The lowest BCUT2D eigenvalue weighted by Crippen LogP contribution is -2.17. The highest BCUT2D eigenvalue weighted by molar-refractivity contribution is 7.99. The molecule has 0 fully saturated rings. The molecular weight excluding hydrogens is 396 g/mol. The van der Waals surface area contributed by atoms with Crippen molar-refractivity contribution >= 4 is 23.4 Å². The molecule has 146 valence electrons. The normalized spacial score (nSPS) is 11.4. The Kier molecular flexibility index (Phi) is 5.98. The first-order valence-electron chi connectivity index (χ1n) is 8.01. The van der Waals surface area contributed by atoms with Crippen LogP contribution in [-0.4, -0.2) is 26.4 Å². The van der Waals surface area contributed by atoms with Crippen LogP contribution in [0.1, 0.15) is 11.1 Å². The Hall–Kier alpha value is -2.88. The van der Waals surface area contributed by atoms with Gasteiger partial charge in [0, 0.05) is 5.75 Å². The maximum Gasteiger partial charge on any atom is 0.416 e. The van der Waals surface area contributed by atoms with E-state index < -0.39 is 17.6 Å².